The zero-order chi connectivity index (χ0) is 14.0. The monoisotopic (exact) mass is 288 g/mol. The first-order valence-electron chi connectivity index (χ1n) is 6.10. The van der Waals surface area contributed by atoms with Crippen LogP contribution in [0.15, 0.2) is 23.1 Å². The van der Waals surface area contributed by atoms with Crippen molar-refractivity contribution in [3.05, 3.63) is 24.0 Å². The van der Waals surface area contributed by atoms with Gasteiger partial charge in [0.1, 0.15) is 5.82 Å². The number of rotatable bonds is 3. The van der Waals surface area contributed by atoms with Crippen LogP contribution in [0, 0.1) is 11.7 Å². The maximum Gasteiger partial charge on any atom is 0.238 e. The van der Waals surface area contributed by atoms with Gasteiger partial charge in [0, 0.05) is 19.7 Å². The fraction of sp³-hybridized carbons (Fsp3) is 0.500. The summed E-state index contributed by atoms with van der Waals surface area (Å²) in [5, 5.41) is 14.0. The Labute approximate surface area is 111 Å². The van der Waals surface area contributed by atoms with Crippen LogP contribution in [0.4, 0.5) is 10.1 Å². The summed E-state index contributed by atoms with van der Waals surface area (Å²) < 4.78 is 36.2. The van der Waals surface area contributed by atoms with Gasteiger partial charge in [-0.1, -0.05) is 0 Å². The van der Waals surface area contributed by atoms with Gasteiger partial charge in [-0.15, -0.1) is 0 Å². The first-order valence-corrected chi connectivity index (χ1v) is 7.64. The lowest BCUT2D eigenvalue weighted by Crippen LogP contribution is -2.35. The third-order valence-corrected chi connectivity index (χ3v) is 4.37. The molecule has 1 aromatic rings. The predicted molar refractivity (Wildman–Crippen MR) is 69.8 cm³/mol. The molecule has 0 spiro atoms. The van der Waals surface area contributed by atoms with Crippen LogP contribution in [0.1, 0.15) is 12.8 Å². The number of primary sulfonamides is 1. The molecule has 0 amide bonds. The van der Waals surface area contributed by atoms with Crippen molar-refractivity contribution in [3.63, 3.8) is 0 Å². The van der Waals surface area contributed by atoms with Gasteiger partial charge in [-0.3, -0.25) is 0 Å². The largest absolute Gasteiger partial charge is 0.396 e. The Balaban J connectivity index is 2.18. The van der Waals surface area contributed by atoms with E-state index in [1.54, 1.807) is 0 Å². The van der Waals surface area contributed by atoms with Crippen molar-refractivity contribution in [2.75, 3.05) is 24.6 Å². The van der Waals surface area contributed by atoms with E-state index in [9.17, 15) is 12.8 Å². The van der Waals surface area contributed by atoms with Crippen LogP contribution in [0.5, 0.6) is 0 Å². The summed E-state index contributed by atoms with van der Waals surface area (Å²) in [4.78, 5) is 1.63. The molecule has 1 aliphatic heterocycles. The second kappa shape index (κ2) is 5.44. The van der Waals surface area contributed by atoms with Crippen LogP contribution in [-0.4, -0.2) is 33.2 Å². The SMILES string of the molecule is NS(=O)(=O)c1ccc(N2CCC(CO)CC2)c(F)c1. The number of benzene rings is 1. The van der Waals surface area contributed by atoms with Crippen molar-refractivity contribution in [2.45, 2.75) is 17.7 Å². The molecule has 1 heterocycles. The van der Waals surface area contributed by atoms with Crippen molar-refractivity contribution in [1.29, 1.82) is 0 Å². The highest BCUT2D eigenvalue weighted by Crippen LogP contribution is 2.26. The minimum Gasteiger partial charge on any atom is -0.396 e. The van der Waals surface area contributed by atoms with E-state index in [1.807, 2.05) is 4.90 Å². The van der Waals surface area contributed by atoms with Crippen molar-refractivity contribution < 1.29 is 17.9 Å². The van der Waals surface area contributed by atoms with Crippen LogP contribution in [0.2, 0.25) is 0 Å². The lowest BCUT2D eigenvalue weighted by Gasteiger charge is -2.33. The zero-order valence-electron chi connectivity index (χ0n) is 10.4. The van der Waals surface area contributed by atoms with E-state index in [0.717, 1.165) is 18.9 Å². The second-order valence-corrected chi connectivity index (χ2v) is 6.33. The highest BCUT2D eigenvalue weighted by atomic mass is 32.2. The summed E-state index contributed by atoms with van der Waals surface area (Å²) in [6.45, 7) is 1.45. The molecule has 106 valence electrons. The molecule has 0 saturated carbocycles. The lowest BCUT2D eigenvalue weighted by molar-refractivity contribution is 0.203. The third kappa shape index (κ3) is 3.23. The molecule has 0 radical (unpaired) electrons. The summed E-state index contributed by atoms with van der Waals surface area (Å²) in [6.07, 6.45) is 1.60. The second-order valence-electron chi connectivity index (χ2n) is 4.77. The highest BCUT2D eigenvalue weighted by molar-refractivity contribution is 7.89. The number of hydrogen-bond acceptors (Lipinski definition) is 4. The van der Waals surface area contributed by atoms with E-state index in [4.69, 9.17) is 10.2 Å². The van der Waals surface area contributed by atoms with Crippen LogP contribution in [-0.2, 0) is 10.0 Å². The molecule has 7 heteroatoms. The Kier molecular flexibility index (Phi) is 4.07. The molecule has 2 rings (SSSR count). The quantitative estimate of drug-likeness (QED) is 0.857. The van der Waals surface area contributed by atoms with Crippen LogP contribution < -0.4 is 10.0 Å². The number of nitrogens with zero attached hydrogens (tertiary/aromatic N) is 1. The van der Waals surface area contributed by atoms with Crippen molar-refractivity contribution in [3.8, 4) is 0 Å². The molecule has 0 aliphatic carbocycles. The van der Waals surface area contributed by atoms with Crippen molar-refractivity contribution >= 4 is 15.7 Å². The first kappa shape index (κ1) is 14.2. The van der Waals surface area contributed by atoms with E-state index in [-0.39, 0.29) is 17.4 Å². The topological polar surface area (TPSA) is 83.6 Å². The van der Waals surface area contributed by atoms with E-state index in [2.05, 4.69) is 0 Å². The van der Waals surface area contributed by atoms with E-state index >= 15 is 0 Å². The maximum atomic E-state index is 13.9. The predicted octanol–water partition coefficient (Wildman–Crippen LogP) is 0.682. The number of aliphatic hydroxyl groups is 1. The average Bonchev–Trinajstić information content (AvgIpc) is 2.38. The number of aliphatic hydroxyl groups excluding tert-OH is 1. The van der Waals surface area contributed by atoms with Gasteiger partial charge in [0.05, 0.1) is 10.6 Å². The van der Waals surface area contributed by atoms with Gasteiger partial charge < -0.3 is 10.0 Å². The smallest absolute Gasteiger partial charge is 0.238 e. The fourth-order valence-electron chi connectivity index (χ4n) is 2.28. The summed E-state index contributed by atoms with van der Waals surface area (Å²) in [6, 6.07) is 3.70. The van der Waals surface area contributed by atoms with Gasteiger partial charge in [0.15, 0.2) is 0 Å². The normalized spacial score (nSPS) is 17.7. The highest BCUT2D eigenvalue weighted by Gasteiger charge is 2.21. The minimum atomic E-state index is -3.88. The zero-order valence-corrected chi connectivity index (χ0v) is 11.2. The number of piperidine rings is 1. The first-order chi connectivity index (χ1) is 8.91. The number of hydrogen-bond donors (Lipinski definition) is 2. The molecule has 1 aromatic carbocycles. The molecule has 1 fully saturated rings. The minimum absolute atomic E-state index is 0.153. The lowest BCUT2D eigenvalue weighted by atomic mass is 9.97. The van der Waals surface area contributed by atoms with Gasteiger partial charge in [-0.05, 0) is 37.0 Å². The molecule has 0 atom stereocenters. The molecular weight excluding hydrogens is 271 g/mol. The fourth-order valence-corrected chi connectivity index (χ4v) is 2.80. The Morgan fingerprint density at radius 2 is 2.00 bits per heavy atom. The summed E-state index contributed by atoms with van der Waals surface area (Å²) in [5.41, 5.74) is 0.379. The van der Waals surface area contributed by atoms with E-state index in [0.29, 0.717) is 18.8 Å². The summed E-state index contributed by atoms with van der Waals surface area (Å²) in [5.74, 6) is -0.322. The summed E-state index contributed by atoms with van der Waals surface area (Å²) >= 11 is 0. The Morgan fingerprint density at radius 3 is 2.47 bits per heavy atom. The standard InChI is InChI=1S/C12H17FN2O3S/c13-11-7-10(19(14,17)18)1-2-12(11)15-5-3-9(8-16)4-6-15/h1-2,7,9,16H,3-6,8H2,(H2,14,17,18). The van der Waals surface area contributed by atoms with Gasteiger partial charge >= 0.3 is 0 Å². The van der Waals surface area contributed by atoms with Crippen molar-refractivity contribution in [2.24, 2.45) is 11.1 Å². The Hall–Kier alpha value is -1.18. The number of sulfonamides is 1. The number of nitrogens with two attached hydrogens (primary N) is 1. The average molecular weight is 288 g/mol. The molecule has 1 saturated heterocycles. The maximum absolute atomic E-state index is 13.9. The Bertz CT molecular complexity index is 554. The number of halogens is 1. The van der Waals surface area contributed by atoms with Crippen molar-refractivity contribution in [1.82, 2.24) is 0 Å². The van der Waals surface area contributed by atoms with Gasteiger partial charge in [0.25, 0.3) is 0 Å². The molecule has 0 bridgehead atoms. The van der Waals surface area contributed by atoms with E-state index < -0.39 is 15.8 Å². The van der Waals surface area contributed by atoms with Crippen LogP contribution in [0.3, 0.4) is 0 Å². The molecule has 1 aliphatic rings. The summed E-state index contributed by atoms with van der Waals surface area (Å²) in [7, 11) is -3.88. The molecule has 19 heavy (non-hydrogen) atoms. The molecule has 0 unspecified atom stereocenters. The Morgan fingerprint density at radius 1 is 1.37 bits per heavy atom. The van der Waals surface area contributed by atoms with Gasteiger partial charge in [-0.2, -0.15) is 0 Å². The molecule has 3 N–H and O–H groups in total. The number of anilines is 1. The van der Waals surface area contributed by atoms with Crippen LogP contribution >= 0.6 is 0 Å². The molecule has 5 nitrogen and oxygen atoms in total. The molecular formula is C12H17FN2O3S. The van der Waals surface area contributed by atoms with Gasteiger partial charge in [-0.25, -0.2) is 17.9 Å². The van der Waals surface area contributed by atoms with Gasteiger partial charge in [0.2, 0.25) is 10.0 Å². The third-order valence-electron chi connectivity index (χ3n) is 3.46. The van der Waals surface area contributed by atoms with Crippen LogP contribution in [0.25, 0.3) is 0 Å². The molecule has 0 aromatic heterocycles. The van der Waals surface area contributed by atoms with E-state index in [1.165, 1.54) is 12.1 Å².